The van der Waals surface area contributed by atoms with Crippen LogP contribution >= 0.6 is 11.3 Å². The number of aryl methyl sites for hydroxylation is 1. The van der Waals surface area contributed by atoms with E-state index in [4.69, 9.17) is 20.4 Å². The number of benzene rings is 1. The van der Waals surface area contributed by atoms with Crippen molar-refractivity contribution in [2.45, 2.75) is 6.92 Å². The number of nitrogens with zero attached hydrogens (tertiary/aromatic N) is 3. The molecule has 4 rings (SSSR count). The summed E-state index contributed by atoms with van der Waals surface area (Å²) < 4.78 is 6.60. The van der Waals surface area contributed by atoms with Crippen LogP contribution in [0.4, 0.5) is 11.5 Å². The fourth-order valence-electron chi connectivity index (χ4n) is 2.75. The lowest BCUT2D eigenvalue weighted by molar-refractivity contribution is 0.122. The lowest BCUT2D eigenvalue weighted by Crippen LogP contribution is -2.36. The van der Waals surface area contributed by atoms with Crippen LogP contribution in [0.3, 0.4) is 0 Å². The Morgan fingerprint density at radius 2 is 2.00 bits per heavy atom. The number of nitrogen functional groups attached to an aromatic ring is 1. The minimum absolute atomic E-state index is 0.726. The van der Waals surface area contributed by atoms with Crippen molar-refractivity contribution in [1.29, 1.82) is 0 Å². The molecule has 2 N–H and O–H groups in total. The zero-order valence-electron chi connectivity index (χ0n) is 13.0. The lowest BCUT2D eigenvalue weighted by Gasteiger charge is -2.28. The summed E-state index contributed by atoms with van der Waals surface area (Å²) in [6.07, 6.45) is 0. The van der Waals surface area contributed by atoms with Gasteiger partial charge in [0.05, 0.1) is 23.4 Å². The van der Waals surface area contributed by atoms with Gasteiger partial charge in [0.2, 0.25) is 0 Å². The van der Waals surface area contributed by atoms with E-state index < -0.39 is 0 Å². The van der Waals surface area contributed by atoms with Gasteiger partial charge in [-0.2, -0.15) is 0 Å². The predicted octanol–water partition coefficient (Wildman–Crippen LogP) is 3.09. The van der Waals surface area contributed by atoms with Gasteiger partial charge in [-0.05, 0) is 30.0 Å². The van der Waals surface area contributed by atoms with Crippen LogP contribution in [0.1, 0.15) is 5.56 Å². The number of aromatic nitrogens is 2. The molecule has 0 amide bonds. The minimum Gasteiger partial charge on any atom is -0.398 e. The van der Waals surface area contributed by atoms with Crippen LogP contribution in [0.15, 0.2) is 29.6 Å². The maximum atomic E-state index is 6.05. The fraction of sp³-hybridized carbons (Fsp3) is 0.294. The van der Waals surface area contributed by atoms with E-state index in [9.17, 15) is 0 Å². The second-order valence-electron chi connectivity index (χ2n) is 5.68. The van der Waals surface area contributed by atoms with Crippen molar-refractivity contribution in [3.63, 3.8) is 0 Å². The van der Waals surface area contributed by atoms with Gasteiger partial charge >= 0.3 is 0 Å². The Balaban J connectivity index is 1.85. The van der Waals surface area contributed by atoms with Gasteiger partial charge in [0, 0.05) is 24.3 Å². The molecule has 1 aromatic carbocycles. The number of fused-ring (bicyclic) bond motifs is 1. The van der Waals surface area contributed by atoms with Gasteiger partial charge in [0.25, 0.3) is 0 Å². The highest BCUT2D eigenvalue weighted by atomic mass is 32.1. The number of nitrogens with two attached hydrogens (primary N) is 1. The first-order valence-electron chi connectivity index (χ1n) is 7.67. The Hall–Kier alpha value is -2.18. The van der Waals surface area contributed by atoms with Gasteiger partial charge < -0.3 is 15.4 Å². The van der Waals surface area contributed by atoms with E-state index in [1.54, 1.807) is 11.3 Å². The van der Waals surface area contributed by atoms with E-state index in [1.807, 2.05) is 31.2 Å². The van der Waals surface area contributed by atoms with Crippen LogP contribution in [-0.2, 0) is 4.74 Å². The quantitative estimate of drug-likeness (QED) is 0.733. The van der Waals surface area contributed by atoms with E-state index in [1.165, 1.54) is 0 Å². The highest BCUT2D eigenvalue weighted by molar-refractivity contribution is 7.17. The SMILES string of the molecule is Cc1ccc(-c2nc(N3CCOCC3)c3sccc3n2)cc1N. The number of thiophene rings is 1. The number of rotatable bonds is 2. The average Bonchev–Trinajstić information content (AvgIpc) is 3.06. The van der Waals surface area contributed by atoms with Crippen molar-refractivity contribution in [2.75, 3.05) is 36.9 Å². The summed E-state index contributed by atoms with van der Waals surface area (Å²) in [7, 11) is 0. The molecule has 0 unspecified atom stereocenters. The molecule has 1 fully saturated rings. The average molecular weight is 326 g/mol. The van der Waals surface area contributed by atoms with Crippen LogP contribution in [-0.4, -0.2) is 36.3 Å². The fourth-order valence-corrected chi connectivity index (χ4v) is 3.59. The summed E-state index contributed by atoms with van der Waals surface area (Å²) in [5, 5.41) is 2.07. The topological polar surface area (TPSA) is 64.3 Å². The summed E-state index contributed by atoms with van der Waals surface area (Å²) in [5.41, 5.74) is 9.83. The Morgan fingerprint density at radius 1 is 1.17 bits per heavy atom. The van der Waals surface area contributed by atoms with Gasteiger partial charge in [0.15, 0.2) is 11.6 Å². The molecule has 23 heavy (non-hydrogen) atoms. The number of anilines is 2. The van der Waals surface area contributed by atoms with E-state index in [0.29, 0.717) is 0 Å². The molecule has 3 aromatic rings. The van der Waals surface area contributed by atoms with Crippen LogP contribution in [0.2, 0.25) is 0 Å². The molecular weight excluding hydrogens is 308 g/mol. The monoisotopic (exact) mass is 326 g/mol. The molecule has 1 aliphatic rings. The van der Waals surface area contributed by atoms with Gasteiger partial charge in [0.1, 0.15) is 0 Å². The molecule has 1 aliphatic heterocycles. The zero-order chi connectivity index (χ0) is 15.8. The largest absolute Gasteiger partial charge is 0.398 e. The smallest absolute Gasteiger partial charge is 0.162 e. The van der Waals surface area contributed by atoms with Crippen molar-refractivity contribution in [3.05, 3.63) is 35.2 Å². The molecule has 0 atom stereocenters. The third-order valence-electron chi connectivity index (χ3n) is 4.13. The van der Waals surface area contributed by atoms with Crippen molar-refractivity contribution in [3.8, 4) is 11.4 Å². The molecule has 0 bridgehead atoms. The molecular formula is C17H18N4OS. The predicted molar refractivity (Wildman–Crippen MR) is 95.0 cm³/mol. The number of ether oxygens (including phenoxy) is 1. The minimum atomic E-state index is 0.726. The zero-order valence-corrected chi connectivity index (χ0v) is 13.8. The Labute approximate surface area is 138 Å². The highest BCUT2D eigenvalue weighted by Crippen LogP contribution is 2.32. The maximum Gasteiger partial charge on any atom is 0.162 e. The summed E-state index contributed by atoms with van der Waals surface area (Å²) in [5.74, 6) is 1.73. The highest BCUT2D eigenvalue weighted by Gasteiger charge is 2.18. The Kier molecular flexibility index (Phi) is 3.63. The summed E-state index contributed by atoms with van der Waals surface area (Å²) in [6.45, 7) is 5.20. The molecule has 0 spiro atoms. The third kappa shape index (κ3) is 2.64. The Bertz CT molecular complexity index is 855. The number of morpholine rings is 1. The Morgan fingerprint density at radius 3 is 2.78 bits per heavy atom. The molecule has 1 saturated heterocycles. The lowest BCUT2D eigenvalue weighted by atomic mass is 10.1. The van der Waals surface area contributed by atoms with Crippen LogP contribution < -0.4 is 10.6 Å². The molecule has 0 aliphatic carbocycles. The first kappa shape index (κ1) is 14.4. The van der Waals surface area contributed by atoms with Gasteiger partial charge in [-0.1, -0.05) is 12.1 Å². The van der Waals surface area contributed by atoms with Crippen molar-refractivity contribution in [1.82, 2.24) is 9.97 Å². The molecule has 6 heteroatoms. The van der Waals surface area contributed by atoms with E-state index in [-0.39, 0.29) is 0 Å². The molecule has 2 aromatic heterocycles. The number of hydrogen-bond acceptors (Lipinski definition) is 6. The van der Waals surface area contributed by atoms with E-state index >= 15 is 0 Å². The first-order chi connectivity index (χ1) is 11.2. The molecule has 118 valence electrons. The first-order valence-corrected chi connectivity index (χ1v) is 8.55. The molecule has 5 nitrogen and oxygen atoms in total. The van der Waals surface area contributed by atoms with Crippen molar-refractivity contribution >= 4 is 33.1 Å². The summed E-state index contributed by atoms with van der Waals surface area (Å²) in [4.78, 5) is 11.9. The normalized spacial score (nSPS) is 15.3. The summed E-state index contributed by atoms with van der Waals surface area (Å²) >= 11 is 1.68. The molecule has 0 radical (unpaired) electrons. The van der Waals surface area contributed by atoms with Gasteiger partial charge in [-0.25, -0.2) is 9.97 Å². The van der Waals surface area contributed by atoms with Crippen LogP contribution in [0.5, 0.6) is 0 Å². The van der Waals surface area contributed by atoms with Crippen LogP contribution in [0.25, 0.3) is 21.6 Å². The molecule has 0 saturated carbocycles. The third-order valence-corrected chi connectivity index (χ3v) is 5.03. The van der Waals surface area contributed by atoms with E-state index in [0.717, 1.165) is 65.0 Å². The second-order valence-corrected chi connectivity index (χ2v) is 6.59. The second kappa shape index (κ2) is 5.79. The van der Waals surface area contributed by atoms with Gasteiger partial charge in [-0.3, -0.25) is 0 Å². The van der Waals surface area contributed by atoms with E-state index in [2.05, 4.69) is 10.3 Å². The van der Waals surface area contributed by atoms with Crippen LogP contribution in [0, 0.1) is 6.92 Å². The molecule has 3 heterocycles. The maximum absolute atomic E-state index is 6.05. The summed E-state index contributed by atoms with van der Waals surface area (Å²) in [6, 6.07) is 8.04. The van der Waals surface area contributed by atoms with Gasteiger partial charge in [-0.15, -0.1) is 11.3 Å². The van der Waals surface area contributed by atoms with Crippen molar-refractivity contribution in [2.24, 2.45) is 0 Å². The standard InChI is InChI=1S/C17H18N4OS/c1-11-2-3-12(10-13(11)18)16-19-14-4-9-23-15(14)17(20-16)21-5-7-22-8-6-21/h2-4,9-10H,5-8,18H2,1H3. The van der Waals surface area contributed by atoms with Crippen molar-refractivity contribution < 1.29 is 4.74 Å². The number of hydrogen-bond donors (Lipinski definition) is 1.